The lowest BCUT2D eigenvalue weighted by molar-refractivity contribution is -0.135. The molecule has 0 aromatic carbocycles. The Labute approximate surface area is 162 Å². The van der Waals surface area contributed by atoms with Gasteiger partial charge >= 0.3 is 0 Å². The molecule has 3 rings (SSSR count). The summed E-state index contributed by atoms with van der Waals surface area (Å²) < 4.78 is 1.93. The molecule has 0 spiro atoms. The van der Waals surface area contributed by atoms with Gasteiger partial charge in [0.05, 0.1) is 0 Å². The van der Waals surface area contributed by atoms with Gasteiger partial charge in [-0.25, -0.2) is 0 Å². The number of nitrogens with zero attached hydrogens (tertiary/aromatic N) is 4. The van der Waals surface area contributed by atoms with Crippen LogP contribution in [0.15, 0.2) is 23.5 Å². The third-order valence-electron chi connectivity index (χ3n) is 5.51. The molecule has 2 heterocycles. The lowest BCUT2D eigenvalue weighted by Crippen LogP contribution is -2.45. The Kier molecular flexibility index (Phi) is 7.54. The summed E-state index contributed by atoms with van der Waals surface area (Å²) in [5.74, 6) is 1.50. The maximum atomic E-state index is 12.7. The Morgan fingerprint density at radius 1 is 1.26 bits per heavy atom. The number of aryl methyl sites for hydroxylation is 1. The van der Waals surface area contributed by atoms with E-state index < -0.39 is 0 Å². The fourth-order valence-electron chi connectivity index (χ4n) is 4.06. The van der Waals surface area contributed by atoms with Gasteiger partial charge in [-0.05, 0) is 38.7 Å². The summed E-state index contributed by atoms with van der Waals surface area (Å²) >= 11 is 0. The number of likely N-dealkylation sites (tertiary alicyclic amines) is 1. The zero-order valence-electron chi connectivity index (χ0n) is 16.6. The lowest BCUT2D eigenvalue weighted by atomic mass is 9.88. The summed E-state index contributed by atoms with van der Waals surface area (Å²) in [7, 11) is 0. The highest BCUT2D eigenvalue weighted by Gasteiger charge is 2.31. The number of aromatic nitrogens is 2. The third kappa shape index (κ3) is 5.97. The van der Waals surface area contributed by atoms with Crippen LogP contribution in [0.4, 0.5) is 0 Å². The Hall–Kier alpha value is -2.05. The summed E-state index contributed by atoms with van der Waals surface area (Å²) in [4.78, 5) is 19.5. The van der Waals surface area contributed by atoms with Gasteiger partial charge in [-0.15, -0.1) is 0 Å². The molecule has 27 heavy (non-hydrogen) atoms. The van der Waals surface area contributed by atoms with E-state index >= 15 is 0 Å². The van der Waals surface area contributed by atoms with Gasteiger partial charge in [0.25, 0.3) is 0 Å². The minimum atomic E-state index is 0.265. The van der Waals surface area contributed by atoms with E-state index in [1.165, 1.54) is 19.3 Å². The lowest BCUT2D eigenvalue weighted by Gasteiger charge is -2.26. The normalized spacial score (nSPS) is 21.4. The van der Waals surface area contributed by atoms with Crippen molar-refractivity contribution in [2.24, 2.45) is 10.9 Å². The third-order valence-corrected chi connectivity index (χ3v) is 5.51. The molecule has 1 aromatic rings. The quantitative estimate of drug-likeness (QED) is 0.435. The average Bonchev–Trinajstić information content (AvgIpc) is 3.37. The highest BCUT2D eigenvalue weighted by Crippen LogP contribution is 2.26. The van der Waals surface area contributed by atoms with E-state index in [1.807, 2.05) is 16.9 Å². The second kappa shape index (κ2) is 10.3. The smallest absolute Gasteiger partial charge is 0.225 e. The SMILES string of the molecule is CCNC(=NCCCn1cccn1)NC1CCN(C(=O)C2CCCCC2)C1. The molecular weight excluding hydrogens is 340 g/mol. The zero-order valence-corrected chi connectivity index (χ0v) is 16.6. The number of nitrogens with one attached hydrogen (secondary N) is 2. The first-order valence-corrected chi connectivity index (χ1v) is 10.6. The van der Waals surface area contributed by atoms with Crippen molar-refractivity contribution in [3.05, 3.63) is 18.5 Å². The molecule has 7 nitrogen and oxygen atoms in total. The van der Waals surface area contributed by atoms with Gasteiger partial charge in [0.2, 0.25) is 5.91 Å². The van der Waals surface area contributed by atoms with Gasteiger partial charge in [0.1, 0.15) is 0 Å². The monoisotopic (exact) mass is 374 g/mol. The van der Waals surface area contributed by atoms with Crippen LogP contribution in [0.25, 0.3) is 0 Å². The fraction of sp³-hybridized carbons (Fsp3) is 0.750. The number of amides is 1. The Morgan fingerprint density at radius 2 is 2.11 bits per heavy atom. The van der Waals surface area contributed by atoms with E-state index in [-0.39, 0.29) is 5.92 Å². The van der Waals surface area contributed by atoms with E-state index in [2.05, 4.69) is 32.5 Å². The number of aliphatic imine (C=N–C) groups is 1. The molecule has 1 aromatic heterocycles. The molecule has 2 fully saturated rings. The van der Waals surface area contributed by atoms with Crippen LogP contribution in [0, 0.1) is 5.92 Å². The largest absolute Gasteiger partial charge is 0.357 e. The van der Waals surface area contributed by atoms with Gasteiger partial charge in [-0.2, -0.15) is 5.10 Å². The number of hydrogen-bond donors (Lipinski definition) is 2. The van der Waals surface area contributed by atoms with Crippen molar-refractivity contribution in [2.75, 3.05) is 26.2 Å². The van der Waals surface area contributed by atoms with Gasteiger partial charge in [0.15, 0.2) is 5.96 Å². The van der Waals surface area contributed by atoms with Crippen LogP contribution in [0.1, 0.15) is 51.9 Å². The number of carbonyl (C=O) groups is 1. The van der Waals surface area contributed by atoms with Crippen LogP contribution in [0.5, 0.6) is 0 Å². The predicted molar refractivity (Wildman–Crippen MR) is 108 cm³/mol. The van der Waals surface area contributed by atoms with Gasteiger partial charge in [-0.3, -0.25) is 14.5 Å². The number of rotatable bonds is 7. The van der Waals surface area contributed by atoms with Crippen molar-refractivity contribution in [3.8, 4) is 0 Å². The maximum absolute atomic E-state index is 12.7. The molecule has 150 valence electrons. The standard InChI is InChI=1S/C20H34N6O/c1-2-21-20(22-11-6-13-26-14-7-12-23-26)24-18-10-15-25(16-18)19(27)17-8-4-3-5-9-17/h7,12,14,17-18H,2-6,8-11,13,15-16H2,1H3,(H2,21,22,24). The molecule has 1 atom stereocenters. The molecule has 1 aliphatic heterocycles. The molecule has 1 saturated carbocycles. The fourth-order valence-corrected chi connectivity index (χ4v) is 4.06. The Morgan fingerprint density at radius 3 is 2.85 bits per heavy atom. The van der Waals surface area contributed by atoms with Gasteiger partial charge in [0, 0.05) is 57.1 Å². The molecule has 1 aliphatic carbocycles. The molecule has 2 aliphatic rings. The molecule has 0 radical (unpaired) electrons. The van der Waals surface area contributed by atoms with Crippen molar-refractivity contribution >= 4 is 11.9 Å². The van der Waals surface area contributed by atoms with E-state index in [1.54, 1.807) is 6.20 Å². The van der Waals surface area contributed by atoms with E-state index in [9.17, 15) is 4.79 Å². The number of guanidine groups is 1. The first kappa shape index (κ1) is 19.7. The van der Waals surface area contributed by atoms with E-state index in [0.29, 0.717) is 11.9 Å². The molecule has 1 amide bonds. The molecule has 1 unspecified atom stereocenters. The highest BCUT2D eigenvalue weighted by molar-refractivity contribution is 5.81. The van der Waals surface area contributed by atoms with Crippen molar-refractivity contribution in [2.45, 2.75) is 64.5 Å². The van der Waals surface area contributed by atoms with Gasteiger partial charge < -0.3 is 15.5 Å². The van der Waals surface area contributed by atoms with Crippen molar-refractivity contribution < 1.29 is 4.79 Å². The number of carbonyl (C=O) groups excluding carboxylic acids is 1. The summed E-state index contributed by atoms with van der Waals surface area (Å²) in [5, 5.41) is 11.1. The highest BCUT2D eigenvalue weighted by atomic mass is 16.2. The molecule has 2 N–H and O–H groups in total. The van der Waals surface area contributed by atoms with Crippen molar-refractivity contribution in [3.63, 3.8) is 0 Å². The van der Waals surface area contributed by atoms with Crippen LogP contribution >= 0.6 is 0 Å². The summed E-state index contributed by atoms with van der Waals surface area (Å²) in [6, 6.07) is 2.23. The summed E-state index contributed by atoms with van der Waals surface area (Å²) in [5.41, 5.74) is 0. The Balaban J connectivity index is 1.43. The summed E-state index contributed by atoms with van der Waals surface area (Å²) in [6.45, 7) is 6.21. The maximum Gasteiger partial charge on any atom is 0.225 e. The molecule has 0 bridgehead atoms. The first-order chi connectivity index (χ1) is 13.3. The molecular formula is C20H34N6O. The van der Waals surface area contributed by atoms with Crippen molar-refractivity contribution in [1.29, 1.82) is 0 Å². The number of hydrogen-bond acceptors (Lipinski definition) is 3. The van der Waals surface area contributed by atoms with Crippen LogP contribution in [0.3, 0.4) is 0 Å². The minimum absolute atomic E-state index is 0.265. The van der Waals surface area contributed by atoms with Crippen molar-refractivity contribution in [1.82, 2.24) is 25.3 Å². The molecule has 1 saturated heterocycles. The van der Waals surface area contributed by atoms with Crippen LogP contribution in [-0.4, -0.2) is 58.8 Å². The Bertz CT molecular complexity index is 594. The first-order valence-electron chi connectivity index (χ1n) is 10.6. The summed E-state index contributed by atoms with van der Waals surface area (Å²) in [6.07, 6.45) is 11.6. The second-order valence-corrected chi connectivity index (χ2v) is 7.63. The van der Waals surface area contributed by atoms with Crippen LogP contribution in [-0.2, 0) is 11.3 Å². The zero-order chi connectivity index (χ0) is 18.9. The predicted octanol–water partition coefficient (Wildman–Crippen LogP) is 2.01. The molecule has 7 heteroatoms. The van der Waals surface area contributed by atoms with E-state index in [0.717, 1.165) is 64.4 Å². The van der Waals surface area contributed by atoms with E-state index in [4.69, 9.17) is 0 Å². The van der Waals surface area contributed by atoms with Gasteiger partial charge in [-0.1, -0.05) is 19.3 Å². The van der Waals surface area contributed by atoms with Crippen LogP contribution in [0.2, 0.25) is 0 Å². The van der Waals surface area contributed by atoms with Crippen LogP contribution < -0.4 is 10.6 Å². The minimum Gasteiger partial charge on any atom is -0.357 e. The average molecular weight is 375 g/mol. The topological polar surface area (TPSA) is 74.6 Å². The second-order valence-electron chi connectivity index (χ2n) is 7.63.